The van der Waals surface area contributed by atoms with E-state index in [1.165, 1.54) is 11.2 Å². The molecule has 5 heteroatoms. The predicted molar refractivity (Wildman–Crippen MR) is 169 cm³/mol. The van der Waals surface area contributed by atoms with Crippen LogP contribution in [0.1, 0.15) is 55.5 Å². The van der Waals surface area contributed by atoms with Crippen LogP contribution in [-0.2, 0) is 4.79 Å². The van der Waals surface area contributed by atoms with Gasteiger partial charge in [0.25, 0.3) is 0 Å². The summed E-state index contributed by atoms with van der Waals surface area (Å²) in [7, 11) is 3.62. The van der Waals surface area contributed by atoms with Crippen LogP contribution in [0.4, 0.5) is 0 Å². The quantitative estimate of drug-likeness (QED) is 0.121. The molecule has 2 atom stereocenters. The van der Waals surface area contributed by atoms with Crippen LogP contribution in [0, 0.1) is 22.2 Å². The van der Waals surface area contributed by atoms with Crippen LogP contribution < -0.4 is 0 Å². The van der Waals surface area contributed by atoms with Crippen LogP contribution in [0.25, 0.3) is 17.2 Å². The Labute approximate surface area is 239 Å². The summed E-state index contributed by atoms with van der Waals surface area (Å²) >= 11 is 1.67. The second-order valence-electron chi connectivity index (χ2n) is 9.46. The van der Waals surface area contributed by atoms with Crippen molar-refractivity contribution in [2.45, 2.75) is 39.5 Å². The Kier molecular flexibility index (Phi) is 15.5. The molecule has 0 bridgehead atoms. The highest BCUT2D eigenvalue weighted by Crippen LogP contribution is 2.41. The Morgan fingerprint density at radius 1 is 1.10 bits per heavy atom. The normalized spacial score (nSPS) is 12.6. The second-order valence-corrected chi connectivity index (χ2v) is 10.4. The molecule has 0 saturated heterocycles. The van der Waals surface area contributed by atoms with Crippen LogP contribution in [-0.4, -0.2) is 31.6 Å². The minimum absolute atomic E-state index is 0.100. The summed E-state index contributed by atoms with van der Waals surface area (Å²) in [5, 5.41) is 17.7. The monoisotopic (exact) mass is 539 g/mol. The van der Waals surface area contributed by atoms with Gasteiger partial charge in [-0.3, -0.25) is 5.41 Å². The van der Waals surface area contributed by atoms with E-state index in [1.807, 2.05) is 69.6 Å². The maximum Gasteiger partial charge on any atom is 0.126 e. The van der Waals surface area contributed by atoms with E-state index in [0.29, 0.717) is 12.0 Å². The van der Waals surface area contributed by atoms with Gasteiger partial charge in [0.15, 0.2) is 0 Å². The Bertz CT molecular complexity index is 1250. The largest absolute Gasteiger partial charge is 0.369 e. The predicted octanol–water partition coefficient (Wildman–Crippen LogP) is 8.99. The van der Waals surface area contributed by atoms with Gasteiger partial charge in [0, 0.05) is 30.3 Å². The van der Waals surface area contributed by atoms with Crippen molar-refractivity contribution in [1.29, 1.82) is 10.7 Å². The molecular weight excluding hydrogens is 498 g/mol. The smallest absolute Gasteiger partial charge is 0.126 e. The number of carbonyl (C=O) groups excluding carboxylic acids is 1. The molecule has 4 nitrogen and oxygen atoms in total. The maximum absolute atomic E-state index is 12.0. The van der Waals surface area contributed by atoms with Gasteiger partial charge in [0.2, 0.25) is 0 Å². The first kappa shape index (κ1) is 33.0. The van der Waals surface area contributed by atoms with Gasteiger partial charge in [-0.1, -0.05) is 100 Å². The first-order chi connectivity index (χ1) is 18.7. The van der Waals surface area contributed by atoms with E-state index in [2.05, 4.69) is 68.3 Å². The molecule has 0 aliphatic carbocycles. The Hall–Kier alpha value is -4.01. The first-order valence-electron chi connectivity index (χ1n) is 13.0. The molecule has 1 heterocycles. The van der Waals surface area contributed by atoms with E-state index in [4.69, 9.17) is 10.7 Å². The van der Waals surface area contributed by atoms with Crippen molar-refractivity contribution in [3.63, 3.8) is 0 Å². The molecule has 0 aliphatic rings. The van der Waals surface area contributed by atoms with Gasteiger partial charge in [0.1, 0.15) is 6.29 Å². The van der Waals surface area contributed by atoms with E-state index >= 15 is 0 Å². The van der Waals surface area contributed by atoms with Crippen molar-refractivity contribution in [3.8, 4) is 17.2 Å². The summed E-state index contributed by atoms with van der Waals surface area (Å²) < 4.78 is 0. The lowest BCUT2D eigenvalue weighted by atomic mass is 9.75. The van der Waals surface area contributed by atoms with E-state index in [9.17, 15) is 4.79 Å². The van der Waals surface area contributed by atoms with E-state index in [1.54, 1.807) is 22.3 Å². The number of hydrogen-bond acceptors (Lipinski definition) is 4. The lowest BCUT2D eigenvalue weighted by Crippen LogP contribution is -2.24. The van der Waals surface area contributed by atoms with Crippen LogP contribution in [0.3, 0.4) is 0 Å². The standard InChI is InChI=1S/C25H23NOS.C6H10.C3H8N2/c1-19(25(2,18-27)13-7-11-20-8-4-3-5-9-20)24-15-23(17-28-24)22-12-6-10-21(14-22)16-26;1-3-5-6-4-2;1-5(2)3-4/h3-12,14-15,17-19H,13H2,1-2H3;3,5-6H,1,4H2,2H3;3-4H,1-2H3/b11-7+;6-5-;. The van der Waals surface area contributed by atoms with Crippen LogP contribution in [0.2, 0.25) is 0 Å². The van der Waals surface area contributed by atoms with Crippen molar-refractivity contribution in [2.24, 2.45) is 5.41 Å². The molecular formula is C34H41N3OS. The number of thiophene rings is 1. The van der Waals surface area contributed by atoms with Crippen molar-refractivity contribution in [2.75, 3.05) is 14.1 Å². The molecule has 2 unspecified atom stereocenters. The van der Waals surface area contributed by atoms with Crippen LogP contribution in [0.5, 0.6) is 0 Å². The van der Waals surface area contributed by atoms with Crippen molar-refractivity contribution >= 4 is 30.0 Å². The fraction of sp³-hybridized carbons (Fsp3) is 0.265. The minimum Gasteiger partial charge on any atom is -0.369 e. The van der Waals surface area contributed by atoms with Crippen LogP contribution >= 0.6 is 11.3 Å². The van der Waals surface area contributed by atoms with E-state index < -0.39 is 5.41 Å². The van der Waals surface area contributed by atoms with Gasteiger partial charge in [0.05, 0.1) is 18.0 Å². The summed E-state index contributed by atoms with van der Waals surface area (Å²) in [6.07, 6.45) is 14.1. The average molecular weight is 540 g/mol. The SMILES string of the molecule is C=C/C=C\CC.CC(c1cc(-c2cccc(C#N)c2)cs1)C(C)(C=O)C/C=C/c1ccccc1.CN(C)C=N. The first-order valence-corrected chi connectivity index (χ1v) is 13.8. The maximum atomic E-state index is 12.0. The Morgan fingerprint density at radius 2 is 1.79 bits per heavy atom. The average Bonchev–Trinajstić information content (AvgIpc) is 3.47. The molecule has 0 spiro atoms. The van der Waals surface area contributed by atoms with Gasteiger partial charge < -0.3 is 9.69 Å². The Balaban J connectivity index is 0.000000584. The number of nitrogens with zero attached hydrogens (tertiary/aromatic N) is 2. The third kappa shape index (κ3) is 11.9. The number of benzene rings is 2. The molecule has 0 radical (unpaired) electrons. The summed E-state index contributed by atoms with van der Waals surface area (Å²) in [5.41, 5.74) is 3.45. The third-order valence-corrected chi connectivity index (χ3v) is 7.18. The van der Waals surface area contributed by atoms with Crippen molar-refractivity contribution in [3.05, 3.63) is 113 Å². The highest BCUT2D eigenvalue weighted by molar-refractivity contribution is 7.10. The number of carbonyl (C=O) groups is 1. The molecule has 3 rings (SSSR count). The zero-order valence-electron chi connectivity index (χ0n) is 23.8. The number of hydrogen-bond donors (Lipinski definition) is 1. The number of nitrogens with one attached hydrogen (secondary N) is 1. The molecule has 2 aromatic carbocycles. The van der Waals surface area contributed by atoms with E-state index in [-0.39, 0.29) is 5.92 Å². The third-order valence-electron chi connectivity index (χ3n) is 6.06. The van der Waals surface area contributed by atoms with Gasteiger partial charge in [-0.2, -0.15) is 5.26 Å². The van der Waals surface area contributed by atoms with E-state index in [0.717, 1.165) is 29.4 Å². The van der Waals surface area contributed by atoms with Gasteiger partial charge >= 0.3 is 0 Å². The topological polar surface area (TPSA) is 68.0 Å². The summed E-state index contributed by atoms with van der Waals surface area (Å²) in [6.45, 7) is 9.75. The highest BCUT2D eigenvalue weighted by Gasteiger charge is 2.31. The zero-order valence-corrected chi connectivity index (χ0v) is 24.6. The molecule has 0 aliphatic heterocycles. The number of nitriles is 1. The molecule has 0 saturated carbocycles. The van der Waals surface area contributed by atoms with Crippen molar-refractivity contribution in [1.82, 2.24) is 4.90 Å². The lowest BCUT2D eigenvalue weighted by molar-refractivity contribution is -0.116. The number of rotatable bonds is 10. The fourth-order valence-corrected chi connectivity index (χ4v) is 4.53. The zero-order chi connectivity index (χ0) is 29.1. The Morgan fingerprint density at radius 3 is 2.33 bits per heavy atom. The van der Waals surface area contributed by atoms with Crippen LogP contribution in [0.15, 0.2) is 96.9 Å². The van der Waals surface area contributed by atoms with Gasteiger partial charge in [-0.25, -0.2) is 0 Å². The molecule has 0 amide bonds. The summed E-state index contributed by atoms with van der Waals surface area (Å²) in [6, 6.07) is 22.1. The highest BCUT2D eigenvalue weighted by atomic mass is 32.1. The minimum atomic E-state index is -0.470. The second kappa shape index (κ2) is 18.3. The van der Waals surface area contributed by atoms with Gasteiger partial charge in [-0.05, 0) is 53.1 Å². The fourth-order valence-electron chi connectivity index (χ4n) is 3.40. The molecule has 1 N–H and O–H groups in total. The molecule has 1 aromatic heterocycles. The molecule has 39 heavy (non-hydrogen) atoms. The number of allylic oxidation sites excluding steroid dienone is 4. The van der Waals surface area contributed by atoms with Gasteiger partial charge in [-0.15, -0.1) is 11.3 Å². The summed E-state index contributed by atoms with van der Waals surface area (Å²) in [5.74, 6) is 0.100. The van der Waals surface area contributed by atoms with Crippen molar-refractivity contribution < 1.29 is 4.79 Å². The molecule has 204 valence electrons. The lowest BCUT2D eigenvalue weighted by Gasteiger charge is -2.28. The number of aldehydes is 1. The summed E-state index contributed by atoms with van der Waals surface area (Å²) in [4.78, 5) is 14.8. The molecule has 3 aromatic rings. The molecule has 0 fully saturated rings.